The van der Waals surface area contributed by atoms with Crippen LogP contribution in [0.4, 0.5) is 5.13 Å². The third-order valence-corrected chi connectivity index (χ3v) is 6.14. The van der Waals surface area contributed by atoms with E-state index >= 15 is 0 Å². The molecular formula is C18H20ClN3OS2. The third-order valence-electron chi connectivity index (χ3n) is 3.87. The lowest BCUT2D eigenvalue weighted by Gasteiger charge is -2.21. The first-order chi connectivity index (χ1) is 11.9. The van der Waals surface area contributed by atoms with Gasteiger partial charge in [-0.15, -0.1) is 11.3 Å². The number of aryl methyl sites for hydroxylation is 1. The first kappa shape index (κ1) is 18.3. The number of aromatic nitrogens is 1. The minimum atomic E-state index is 0.0528. The van der Waals surface area contributed by atoms with Crippen LogP contribution < -0.4 is 4.90 Å². The van der Waals surface area contributed by atoms with Gasteiger partial charge < -0.3 is 4.90 Å². The average Bonchev–Trinajstić information content (AvgIpc) is 3.14. The van der Waals surface area contributed by atoms with E-state index in [1.807, 2.05) is 45.3 Å². The molecule has 0 saturated heterocycles. The van der Waals surface area contributed by atoms with Crippen LogP contribution in [0, 0.1) is 6.92 Å². The Bertz CT molecular complexity index is 887. The van der Waals surface area contributed by atoms with Gasteiger partial charge in [0.2, 0.25) is 5.91 Å². The number of fused-ring (bicyclic) bond motifs is 1. The second kappa shape index (κ2) is 7.83. The highest BCUT2D eigenvalue weighted by molar-refractivity contribution is 7.22. The van der Waals surface area contributed by atoms with Gasteiger partial charge in [0.15, 0.2) is 5.13 Å². The molecule has 0 bridgehead atoms. The van der Waals surface area contributed by atoms with Crippen LogP contribution in [-0.2, 0) is 11.2 Å². The van der Waals surface area contributed by atoms with Gasteiger partial charge in [0.25, 0.3) is 0 Å². The molecule has 0 spiro atoms. The lowest BCUT2D eigenvalue weighted by Crippen LogP contribution is -2.37. The number of halogens is 1. The molecule has 7 heteroatoms. The van der Waals surface area contributed by atoms with Crippen LogP contribution in [0.1, 0.15) is 10.4 Å². The number of carbonyl (C=O) groups is 1. The third kappa shape index (κ3) is 4.39. The van der Waals surface area contributed by atoms with Crippen molar-refractivity contribution in [2.75, 3.05) is 32.1 Å². The van der Waals surface area contributed by atoms with Crippen molar-refractivity contribution in [3.63, 3.8) is 0 Å². The molecule has 2 heterocycles. The maximum atomic E-state index is 12.9. The van der Waals surface area contributed by atoms with Crippen LogP contribution in [0.25, 0.3) is 10.2 Å². The molecule has 0 atom stereocenters. The largest absolute Gasteiger partial charge is 0.308 e. The minimum absolute atomic E-state index is 0.0528. The highest BCUT2D eigenvalue weighted by Crippen LogP contribution is 2.31. The number of thiazole rings is 1. The summed E-state index contributed by atoms with van der Waals surface area (Å²) in [6, 6.07) is 9.87. The molecule has 3 rings (SSSR count). The van der Waals surface area contributed by atoms with E-state index in [1.165, 1.54) is 11.3 Å². The number of anilines is 1. The molecule has 3 aromatic rings. The van der Waals surface area contributed by atoms with Crippen LogP contribution in [0.2, 0.25) is 4.34 Å². The fourth-order valence-corrected chi connectivity index (χ4v) is 4.67. The number of nitrogens with zero attached hydrogens (tertiary/aromatic N) is 3. The summed E-state index contributed by atoms with van der Waals surface area (Å²) in [5, 5.41) is 0.763. The van der Waals surface area contributed by atoms with Gasteiger partial charge in [-0.1, -0.05) is 35.1 Å². The van der Waals surface area contributed by atoms with E-state index in [1.54, 1.807) is 16.2 Å². The molecule has 4 nitrogen and oxygen atoms in total. The summed E-state index contributed by atoms with van der Waals surface area (Å²) in [6.45, 7) is 3.45. The Hall–Kier alpha value is -1.47. The zero-order valence-electron chi connectivity index (χ0n) is 14.5. The van der Waals surface area contributed by atoms with E-state index in [4.69, 9.17) is 16.6 Å². The molecule has 0 aliphatic carbocycles. The molecule has 1 amide bonds. The number of carbonyl (C=O) groups excluding carboxylic acids is 1. The first-order valence-electron chi connectivity index (χ1n) is 7.99. The summed E-state index contributed by atoms with van der Waals surface area (Å²) in [5.41, 5.74) is 2.11. The van der Waals surface area contributed by atoms with Crippen LogP contribution in [0.15, 0.2) is 30.3 Å². The van der Waals surface area contributed by atoms with Crippen LogP contribution in [0.5, 0.6) is 0 Å². The number of benzene rings is 1. The number of hydrogen-bond acceptors (Lipinski definition) is 5. The van der Waals surface area contributed by atoms with E-state index in [2.05, 4.69) is 11.0 Å². The number of hydrogen-bond donors (Lipinski definition) is 0. The lowest BCUT2D eigenvalue weighted by molar-refractivity contribution is -0.118. The predicted molar refractivity (Wildman–Crippen MR) is 108 cm³/mol. The maximum absolute atomic E-state index is 12.9. The van der Waals surface area contributed by atoms with Gasteiger partial charge in [0, 0.05) is 18.0 Å². The van der Waals surface area contributed by atoms with Crippen molar-refractivity contribution in [3.8, 4) is 0 Å². The molecule has 0 aliphatic heterocycles. The van der Waals surface area contributed by atoms with Crippen molar-refractivity contribution >= 4 is 55.5 Å². The number of amides is 1. The van der Waals surface area contributed by atoms with Gasteiger partial charge in [-0.05, 0) is 44.8 Å². The number of rotatable bonds is 6. The van der Waals surface area contributed by atoms with Gasteiger partial charge in [0.1, 0.15) is 0 Å². The first-order valence-corrected chi connectivity index (χ1v) is 10.0. The highest BCUT2D eigenvalue weighted by Gasteiger charge is 2.21. The molecule has 2 aromatic heterocycles. The van der Waals surface area contributed by atoms with Gasteiger partial charge in [-0.25, -0.2) is 4.98 Å². The van der Waals surface area contributed by atoms with E-state index < -0.39 is 0 Å². The lowest BCUT2D eigenvalue weighted by atomic mass is 10.2. The van der Waals surface area contributed by atoms with Crippen molar-refractivity contribution < 1.29 is 4.79 Å². The average molecular weight is 394 g/mol. The normalized spacial score (nSPS) is 11.4. The molecule has 0 unspecified atom stereocenters. The summed E-state index contributed by atoms with van der Waals surface area (Å²) in [5.74, 6) is 0.0528. The standard InChI is InChI=1S/C18H20ClN3OS2/c1-12-5-4-6-14-17(12)20-18(25-14)22(10-9-21(2)3)16(23)11-13-7-8-15(19)24-13/h4-8H,9-11H2,1-3H3. The molecule has 0 N–H and O–H groups in total. The number of thiophene rings is 1. The van der Waals surface area contributed by atoms with Crippen molar-refractivity contribution in [1.29, 1.82) is 0 Å². The number of para-hydroxylation sites is 1. The Morgan fingerprint density at radius 2 is 1.96 bits per heavy atom. The van der Waals surface area contributed by atoms with E-state index in [0.29, 0.717) is 17.3 Å². The fraction of sp³-hybridized carbons (Fsp3) is 0.333. The van der Waals surface area contributed by atoms with Gasteiger partial charge in [0.05, 0.1) is 21.0 Å². The van der Waals surface area contributed by atoms with Gasteiger partial charge >= 0.3 is 0 Å². The zero-order chi connectivity index (χ0) is 18.0. The van der Waals surface area contributed by atoms with Gasteiger partial charge in [-0.3, -0.25) is 9.69 Å². The van der Waals surface area contributed by atoms with Crippen molar-refractivity contribution in [2.45, 2.75) is 13.3 Å². The molecule has 0 aliphatic rings. The summed E-state index contributed by atoms with van der Waals surface area (Å²) < 4.78 is 1.81. The molecule has 1 aromatic carbocycles. The SMILES string of the molecule is Cc1cccc2sc(N(CCN(C)C)C(=O)Cc3ccc(Cl)s3)nc12. The summed E-state index contributed by atoms with van der Waals surface area (Å²) in [7, 11) is 4.01. The molecular weight excluding hydrogens is 374 g/mol. The Morgan fingerprint density at radius 1 is 1.16 bits per heavy atom. The van der Waals surface area contributed by atoms with E-state index in [9.17, 15) is 4.79 Å². The quantitative estimate of drug-likeness (QED) is 0.620. The van der Waals surface area contributed by atoms with Gasteiger partial charge in [-0.2, -0.15) is 0 Å². The highest BCUT2D eigenvalue weighted by atomic mass is 35.5. The zero-order valence-corrected chi connectivity index (χ0v) is 16.8. The molecule has 0 radical (unpaired) electrons. The maximum Gasteiger partial charge on any atom is 0.234 e. The smallest absolute Gasteiger partial charge is 0.234 e. The Labute approximate surface area is 160 Å². The number of likely N-dealkylation sites (N-methyl/N-ethyl adjacent to an activating group) is 1. The predicted octanol–water partition coefficient (Wildman–Crippen LogP) is 4.46. The second-order valence-electron chi connectivity index (χ2n) is 6.15. The monoisotopic (exact) mass is 393 g/mol. The summed E-state index contributed by atoms with van der Waals surface area (Å²) in [6.07, 6.45) is 0.347. The van der Waals surface area contributed by atoms with Crippen molar-refractivity contribution in [2.24, 2.45) is 0 Å². The van der Waals surface area contributed by atoms with E-state index in [-0.39, 0.29) is 5.91 Å². The summed E-state index contributed by atoms with van der Waals surface area (Å²) in [4.78, 5) is 22.5. The Kier molecular flexibility index (Phi) is 5.74. The van der Waals surface area contributed by atoms with Crippen molar-refractivity contribution in [1.82, 2.24) is 9.88 Å². The Balaban J connectivity index is 1.89. The second-order valence-corrected chi connectivity index (χ2v) is 8.96. The van der Waals surface area contributed by atoms with Crippen LogP contribution in [-0.4, -0.2) is 43.0 Å². The molecule has 25 heavy (non-hydrogen) atoms. The van der Waals surface area contributed by atoms with E-state index in [0.717, 1.165) is 32.3 Å². The van der Waals surface area contributed by atoms with Crippen LogP contribution >= 0.6 is 34.3 Å². The summed E-state index contributed by atoms with van der Waals surface area (Å²) >= 11 is 9.01. The van der Waals surface area contributed by atoms with Crippen molar-refractivity contribution in [3.05, 3.63) is 45.1 Å². The molecule has 0 fully saturated rings. The fourth-order valence-electron chi connectivity index (χ4n) is 2.51. The molecule has 132 valence electrons. The molecule has 0 saturated carbocycles. The van der Waals surface area contributed by atoms with Crippen LogP contribution in [0.3, 0.4) is 0 Å². The Morgan fingerprint density at radius 3 is 2.60 bits per heavy atom. The minimum Gasteiger partial charge on any atom is -0.308 e. The topological polar surface area (TPSA) is 36.4 Å².